The van der Waals surface area contributed by atoms with Crippen LogP contribution in [0.1, 0.15) is 12.5 Å². The highest BCUT2D eigenvalue weighted by molar-refractivity contribution is 7.80. The van der Waals surface area contributed by atoms with Crippen LogP contribution < -0.4 is 21.7 Å². The van der Waals surface area contributed by atoms with E-state index in [1.54, 1.807) is 0 Å². The molecule has 0 aromatic heterocycles. The summed E-state index contributed by atoms with van der Waals surface area (Å²) in [5.74, 6) is -3.81. The van der Waals surface area contributed by atoms with Crippen LogP contribution in [-0.2, 0) is 25.6 Å². The van der Waals surface area contributed by atoms with Crippen LogP contribution in [0.3, 0.4) is 0 Å². The Bertz CT molecular complexity index is 757. The minimum Gasteiger partial charge on any atom is -0.508 e. The number of amides is 3. The standard InChI is InChI=1S/C18H26N4O7S/c1-9(23)15(22-14(25)7-19)17(27)20-12(6-10-2-4-11(24)5-3-10)16(26)21-13(8-30)18(28)29/h2-5,9,12-13,15,23-24,30H,6-8,19H2,1H3,(H,20,27)(H,21,26)(H,22,25)(H,28,29). The van der Waals surface area contributed by atoms with Gasteiger partial charge in [-0.3, -0.25) is 14.4 Å². The monoisotopic (exact) mass is 442 g/mol. The van der Waals surface area contributed by atoms with Crippen LogP contribution in [-0.4, -0.2) is 75.5 Å². The largest absolute Gasteiger partial charge is 0.508 e. The predicted octanol–water partition coefficient (Wildman–Crippen LogP) is -2.26. The van der Waals surface area contributed by atoms with Gasteiger partial charge in [0.1, 0.15) is 23.9 Å². The maximum absolute atomic E-state index is 12.7. The summed E-state index contributed by atoms with van der Waals surface area (Å²) in [5, 5.41) is 35.3. The SMILES string of the molecule is CC(O)C(NC(=O)CN)C(=O)NC(Cc1ccc(O)cc1)C(=O)NC(CS)C(=O)O. The summed E-state index contributed by atoms with van der Waals surface area (Å²) in [6, 6.07) is 1.93. The Morgan fingerprint density at radius 1 is 1.03 bits per heavy atom. The van der Waals surface area contributed by atoms with E-state index in [-0.39, 0.29) is 17.9 Å². The summed E-state index contributed by atoms with van der Waals surface area (Å²) >= 11 is 3.88. The highest BCUT2D eigenvalue weighted by atomic mass is 32.1. The van der Waals surface area contributed by atoms with Crippen LogP contribution in [0, 0.1) is 0 Å². The number of benzene rings is 1. The summed E-state index contributed by atoms with van der Waals surface area (Å²) in [7, 11) is 0. The maximum atomic E-state index is 12.7. The average molecular weight is 442 g/mol. The van der Waals surface area contributed by atoms with Crippen molar-refractivity contribution in [3.05, 3.63) is 29.8 Å². The number of hydrogen-bond acceptors (Lipinski definition) is 8. The molecule has 0 fully saturated rings. The van der Waals surface area contributed by atoms with Gasteiger partial charge in [-0.05, 0) is 24.6 Å². The fourth-order valence-electron chi connectivity index (χ4n) is 2.43. The lowest BCUT2D eigenvalue weighted by molar-refractivity contribution is -0.141. The third-order valence-electron chi connectivity index (χ3n) is 4.07. The Morgan fingerprint density at radius 3 is 2.07 bits per heavy atom. The zero-order valence-corrected chi connectivity index (χ0v) is 17.1. The van der Waals surface area contributed by atoms with E-state index in [4.69, 9.17) is 10.8 Å². The second-order valence-electron chi connectivity index (χ2n) is 6.50. The number of nitrogens with one attached hydrogen (secondary N) is 3. The number of rotatable bonds is 11. The van der Waals surface area contributed by atoms with Gasteiger partial charge < -0.3 is 37.0 Å². The number of hydrogen-bond donors (Lipinski definition) is 8. The molecule has 8 N–H and O–H groups in total. The number of aliphatic carboxylic acids is 1. The van der Waals surface area contributed by atoms with Crippen molar-refractivity contribution >= 4 is 36.3 Å². The van der Waals surface area contributed by atoms with E-state index in [0.29, 0.717) is 5.56 Å². The number of carboxylic acid groups (broad SMARTS) is 1. The van der Waals surface area contributed by atoms with Gasteiger partial charge in [0.15, 0.2) is 0 Å². The average Bonchev–Trinajstić information content (AvgIpc) is 2.70. The number of phenolic OH excluding ortho intramolecular Hbond substituents is 1. The Morgan fingerprint density at radius 2 is 1.60 bits per heavy atom. The molecule has 30 heavy (non-hydrogen) atoms. The molecule has 1 aromatic carbocycles. The molecule has 1 rings (SSSR count). The Hall–Kier alpha value is -2.83. The van der Waals surface area contributed by atoms with E-state index in [9.17, 15) is 29.4 Å². The molecule has 11 nitrogen and oxygen atoms in total. The molecule has 0 aliphatic rings. The molecule has 0 saturated carbocycles. The van der Waals surface area contributed by atoms with Gasteiger partial charge in [-0.25, -0.2) is 4.79 Å². The molecule has 0 spiro atoms. The van der Waals surface area contributed by atoms with E-state index in [1.165, 1.54) is 31.2 Å². The maximum Gasteiger partial charge on any atom is 0.327 e. The minimum absolute atomic E-state index is 0.00321. The Balaban J connectivity index is 3.06. The van der Waals surface area contributed by atoms with Crippen molar-refractivity contribution in [2.45, 2.75) is 37.6 Å². The second-order valence-corrected chi connectivity index (χ2v) is 6.87. The lowest BCUT2D eigenvalue weighted by atomic mass is 10.0. The van der Waals surface area contributed by atoms with Crippen LogP contribution in [0.25, 0.3) is 0 Å². The molecule has 0 bridgehead atoms. The summed E-state index contributed by atoms with van der Waals surface area (Å²) in [6.07, 6.45) is -1.34. The normalized spacial score (nSPS) is 14.7. The second kappa shape index (κ2) is 12.0. The highest BCUT2D eigenvalue weighted by Crippen LogP contribution is 2.12. The van der Waals surface area contributed by atoms with Crippen molar-refractivity contribution in [3.8, 4) is 5.75 Å². The number of thiol groups is 1. The number of aliphatic hydroxyl groups excluding tert-OH is 1. The molecular weight excluding hydrogens is 416 g/mol. The van der Waals surface area contributed by atoms with Crippen LogP contribution in [0.5, 0.6) is 5.75 Å². The molecular formula is C18H26N4O7S. The molecule has 166 valence electrons. The molecule has 0 radical (unpaired) electrons. The zero-order valence-electron chi connectivity index (χ0n) is 16.2. The summed E-state index contributed by atoms with van der Waals surface area (Å²) in [5.41, 5.74) is 5.77. The van der Waals surface area contributed by atoms with Crippen molar-refractivity contribution in [1.29, 1.82) is 0 Å². The number of aliphatic hydroxyl groups is 1. The number of carbonyl (C=O) groups excluding carboxylic acids is 3. The lowest BCUT2D eigenvalue weighted by Gasteiger charge is -2.25. The van der Waals surface area contributed by atoms with Crippen LogP contribution in [0.4, 0.5) is 0 Å². The lowest BCUT2D eigenvalue weighted by Crippen LogP contribution is -2.59. The molecule has 1 aromatic rings. The molecule has 0 aliphatic carbocycles. The van der Waals surface area contributed by atoms with Crippen molar-refractivity contribution < 1.29 is 34.5 Å². The Labute approximate surface area is 178 Å². The van der Waals surface area contributed by atoms with Gasteiger partial charge >= 0.3 is 5.97 Å². The summed E-state index contributed by atoms with van der Waals surface area (Å²) in [6.45, 7) is 0.869. The smallest absolute Gasteiger partial charge is 0.327 e. The van der Waals surface area contributed by atoms with Crippen LogP contribution in [0.2, 0.25) is 0 Å². The summed E-state index contributed by atoms with van der Waals surface area (Å²) < 4.78 is 0. The van der Waals surface area contributed by atoms with Gasteiger partial charge in [-0.2, -0.15) is 12.6 Å². The van der Waals surface area contributed by atoms with Gasteiger partial charge in [0.25, 0.3) is 0 Å². The zero-order chi connectivity index (χ0) is 22.8. The first-order valence-electron chi connectivity index (χ1n) is 8.98. The first-order valence-corrected chi connectivity index (χ1v) is 9.62. The van der Waals surface area contributed by atoms with Gasteiger partial charge in [0.05, 0.1) is 12.6 Å². The quantitative estimate of drug-likeness (QED) is 0.176. The summed E-state index contributed by atoms with van der Waals surface area (Å²) in [4.78, 5) is 48.0. The number of nitrogens with two attached hydrogens (primary N) is 1. The van der Waals surface area contributed by atoms with Crippen LogP contribution in [0.15, 0.2) is 24.3 Å². The third kappa shape index (κ3) is 7.89. The van der Waals surface area contributed by atoms with Gasteiger partial charge in [0.2, 0.25) is 17.7 Å². The number of aromatic hydroxyl groups is 1. The van der Waals surface area contributed by atoms with Gasteiger partial charge in [-0.15, -0.1) is 0 Å². The number of phenols is 1. The van der Waals surface area contributed by atoms with E-state index in [0.717, 1.165) is 0 Å². The minimum atomic E-state index is -1.38. The molecule has 12 heteroatoms. The number of carboxylic acids is 1. The fraction of sp³-hybridized carbons (Fsp3) is 0.444. The molecule has 0 heterocycles. The fourth-order valence-corrected chi connectivity index (χ4v) is 2.68. The molecule has 0 aliphatic heterocycles. The van der Waals surface area contributed by atoms with E-state index >= 15 is 0 Å². The first-order chi connectivity index (χ1) is 14.1. The predicted molar refractivity (Wildman–Crippen MR) is 110 cm³/mol. The molecule has 4 atom stereocenters. The van der Waals surface area contributed by atoms with Crippen molar-refractivity contribution in [3.63, 3.8) is 0 Å². The topological polar surface area (TPSA) is 191 Å². The number of carbonyl (C=O) groups is 4. The van der Waals surface area contributed by atoms with E-state index in [2.05, 4.69) is 28.6 Å². The van der Waals surface area contributed by atoms with Gasteiger partial charge in [0, 0.05) is 12.2 Å². The first kappa shape index (κ1) is 25.2. The van der Waals surface area contributed by atoms with E-state index < -0.39 is 54.5 Å². The van der Waals surface area contributed by atoms with Crippen molar-refractivity contribution in [2.24, 2.45) is 5.73 Å². The molecule has 3 amide bonds. The van der Waals surface area contributed by atoms with Crippen molar-refractivity contribution in [1.82, 2.24) is 16.0 Å². The highest BCUT2D eigenvalue weighted by Gasteiger charge is 2.31. The Kier molecular flexibility index (Phi) is 10.1. The van der Waals surface area contributed by atoms with Crippen LogP contribution >= 0.6 is 12.6 Å². The van der Waals surface area contributed by atoms with E-state index in [1.807, 2.05) is 0 Å². The third-order valence-corrected chi connectivity index (χ3v) is 4.44. The van der Waals surface area contributed by atoms with Gasteiger partial charge in [-0.1, -0.05) is 12.1 Å². The molecule has 4 unspecified atom stereocenters. The molecule has 0 saturated heterocycles. The van der Waals surface area contributed by atoms with Crippen molar-refractivity contribution in [2.75, 3.05) is 12.3 Å².